The minimum absolute atomic E-state index is 0.338. The Morgan fingerprint density at radius 2 is 1.88 bits per heavy atom. The van der Waals surface area contributed by atoms with E-state index < -0.39 is 10.8 Å². The van der Waals surface area contributed by atoms with Gasteiger partial charge in [0, 0.05) is 22.3 Å². The molecule has 1 rings (SSSR count). The lowest BCUT2D eigenvalue weighted by molar-refractivity contribution is 0.640. The van der Waals surface area contributed by atoms with Gasteiger partial charge in [0.15, 0.2) is 0 Å². The molecule has 2 atom stereocenters. The standard InChI is InChI=1S/C13H21NOS/c1-10(7-14)8-16(15)9-13-11(2)5-4-6-12(13)3/h4-6,10H,7-9,14H2,1-3H3. The Hall–Kier alpha value is -0.670. The van der Waals surface area contributed by atoms with E-state index in [1.165, 1.54) is 16.7 Å². The van der Waals surface area contributed by atoms with Crippen LogP contribution in [0.4, 0.5) is 0 Å². The van der Waals surface area contributed by atoms with Crippen LogP contribution in [0.15, 0.2) is 18.2 Å². The maximum Gasteiger partial charge on any atom is 0.0491 e. The van der Waals surface area contributed by atoms with Crippen LogP contribution in [0.25, 0.3) is 0 Å². The fraction of sp³-hybridized carbons (Fsp3) is 0.538. The highest BCUT2D eigenvalue weighted by atomic mass is 32.2. The molecule has 0 aliphatic heterocycles. The molecule has 0 fully saturated rings. The van der Waals surface area contributed by atoms with Crippen molar-refractivity contribution in [2.75, 3.05) is 12.3 Å². The summed E-state index contributed by atoms with van der Waals surface area (Å²) in [6.45, 7) is 6.80. The number of nitrogens with two attached hydrogens (primary N) is 1. The molecule has 1 aromatic rings. The third-order valence-electron chi connectivity index (χ3n) is 2.82. The molecule has 0 saturated heterocycles. The minimum Gasteiger partial charge on any atom is -0.330 e. The van der Waals surface area contributed by atoms with Crippen LogP contribution in [-0.2, 0) is 16.6 Å². The lowest BCUT2D eigenvalue weighted by Crippen LogP contribution is -2.18. The molecule has 90 valence electrons. The summed E-state index contributed by atoms with van der Waals surface area (Å²) in [6, 6.07) is 6.19. The summed E-state index contributed by atoms with van der Waals surface area (Å²) in [7, 11) is -0.802. The van der Waals surface area contributed by atoms with E-state index in [2.05, 4.69) is 26.0 Å². The zero-order chi connectivity index (χ0) is 12.1. The predicted octanol–water partition coefficient (Wildman–Crippen LogP) is 2.15. The van der Waals surface area contributed by atoms with Gasteiger partial charge in [-0.3, -0.25) is 4.21 Å². The van der Waals surface area contributed by atoms with Crippen LogP contribution in [0.1, 0.15) is 23.6 Å². The Morgan fingerprint density at radius 1 is 1.31 bits per heavy atom. The van der Waals surface area contributed by atoms with Crippen LogP contribution in [0, 0.1) is 19.8 Å². The summed E-state index contributed by atoms with van der Waals surface area (Å²) < 4.78 is 11.9. The van der Waals surface area contributed by atoms with Gasteiger partial charge in [-0.1, -0.05) is 25.1 Å². The average Bonchev–Trinajstić information content (AvgIpc) is 2.23. The Kier molecular flexibility index (Phi) is 5.16. The van der Waals surface area contributed by atoms with E-state index in [4.69, 9.17) is 5.73 Å². The normalized spacial score (nSPS) is 14.8. The van der Waals surface area contributed by atoms with Crippen LogP contribution in [0.3, 0.4) is 0 Å². The predicted molar refractivity (Wildman–Crippen MR) is 70.8 cm³/mol. The van der Waals surface area contributed by atoms with Gasteiger partial charge in [0.05, 0.1) is 0 Å². The van der Waals surface area contributed by atoms with E-state index in [0.29, 0.717) is 24.0 Å². The second-order valence-corrected chi connectivity index (χ2v) is 5.96. The third kappa shape index (κ3) is 3.72. The molecule has 0 spiro atoms. The average molecular weight is 239 g/mol. The largest absolute Gasteiger partial charge is 0.330 e. The molecule has 0 bridgehead atoms. The van der Waals surface area contributed by atoms with Crippen molar-refractivity contribution in [1.29, 1.82) is 0 Å². The number of hydrogen-bond donors (Lipinski definition) is 1. The zero-order valence-corrected chi connectivity index (χ0v) is 11.1. The quantitative estimate of drug-likeness (QED) is 0.855. The molecule has 0 aliphatic rings. The molecule has 2 unspecified atom stereocenters. The van der Waals surface area contributed by atoms with Crippen molar-refractivity contribution in [1.82, 2.24) is 0 Å². The Labute approximate surface area is 101 Å². The van der Waals surface area contributed by atoms with Gasteiger partial charge in [-0.05, 0) is 43.0 Å². The number of aryl methyl sites for hydroxylation is 2. The van der Waals surface area contributed by atoms with Crippen LogP contribution in [0.2, 0.25) is 0 Å². The molecule has 2 nitrogen and oxygen atoms in total. The summed E-state index contributed by atoms with van der Waals surface area (Å²) in [5, 5.41) is 0. The van der Waals surface area contributed by atoms with Gasteiger partial charge >= 0.3 is 0 Å². The molecular formula is C13H21NOS. The molecule has 0 heterocycles. The van der Waals surface area contributed by atoms with E-state index in [1.807, 2.05) is 13.0 Å². The van der Waals surface area contributed by atoms with Gasteiger partial charge in [0.1, 0.15) is 0 Å². The van der Waals surface area contributed by atoms with Gasteiger partial charge in [-0.15, -0.1) is 0 Å². The maximum absolute atomic E-state index is 11.9. The van der Waals surface area contributed by atoms with Crippen molar-refractivity contribution in [3.8, 4) is 0 Å². The van der Waals surface area contributed by atoms with E-state index in [0.717, 1.165) is 0 Å². The van der Waals surface area contributed by atoms with Gasteiger partial charge in [0.25, 0.3) is 0 Å². The summed E-state index contributed by atoms with van der Waals surface area (Å²) in [6.07, 6.45) is 0. The van der Waals surface area contributed by atoms with Crippen LogP contribution in [0.5, 0.6) is 0 Å². The molecule has 2 N–H and O–H groups in total. The summed E-state index contributed by atoms with van der Waals surface area (Å²) >= 11 is 0. The Bertz CT molecular complexity index is 356. The van der Waals surface area contributed by atoms with E-state index in [9.17, 15) is 4.21 Å². The van der Waals surface area contributed by atoms with Crippen molar-refractivity contribution in [2.24, 2.45) is 11.7 Å². The molecule has 0 amide bonds. The highest BCUT2D eigenvalue weighted by Crippen LogP contribution is 2.16. The third-order valence-corrected chi connectivity index (χ3v) is 4.37. The zero-order valence-electron chi connectivity index (χ0n) is 10.3. The second-order valence-electron chi connectivity index (χ2n) is 4.46. The molecular weight excluding hydrogens is 218 g/mol. The van der Waals surface area contributed by atoms with Crippen molar-refractivity contribution < 1.29 is 4.21 Å². The molecule has 0 aliphatic carbocycles. The first-order valence-corrected chi connectivity index (χ1v) is 7.13. The van der Waals surface area contributed by atoms with Crippen molar-refractivity contribution in [3.05, 3.63) is 34.9 Å². The first-order valence-electron chi connectivity index (χ1n) is 5.64. The SMILES string of the molecule is Cc1cccc(C)c1CS(=O)CC(C)CN. The number of benzene rings is 1. The van der Waals surface area contributed by atoms with Gasteiger partial charge in [-0.25, -0.2) is 0 Å². The highest BCUT2D eigenvalue weighted by molar-refractivity contribution is 7.84. The lowest BCUT2D eigenvalue weighted by atomic mass is 10.1. The maximum atomic E-state index is 11.9. The second kappa shape index (κ2) is 6.16. The van der Waals surface area contributed by atoms with Crippen LogP contribution < -0.4 is 5.73 Å². The number of rotatable bonds is 5. The molecule has 3 heteroatoms. The minimum atomic E-state index is -0.802. The molecule has 0 radical (unpaired) electrons. The number of hydrogen-bond acceptors (Lipinski definition) is 2. The summed E-state index contributed by atoms with van der Waals surface area (Å²) in [5.41, 5.74) is 9.23. The summed E-state index contributed by atoms with van der Waals surface area (Å²) in [4.78, 5) is 0. The highest BCUT2D eigenvalue weighted by Gasteiger charge is 2.10. The first-order chi connectivity index (χ1) is 7.54. The smallest absolute Gasteiger partial charge is 0.0491 e. The molecule has 0 saturated carbocycles. The topological polar surface area (TPSA) is 43.1 Å². The van der Waals surface area contributed by atoms with E-state index in [-0.39, 0.29) is 0 Å². The van der Waals surface area contributed by atoms with E-state index >= 15 is 0 Å². The monoisotopic (exact) mass is 239 g/mol. The van der Waals surface area contributed by atoms with Crippen molar-refractivity contribution in [2.45, 2.75) is 26.5 Å². The fourth-order valence-corrected chi connectivity index (χ4v) is 3.35. The van der Waals surface area contributed by atoms with E-state index in [1.54, 1.807) is 0 Å². The van der Waals surface area contributed by atoms with Crippen molar-refractivity contribution >= 4 is 10.8 Å². The van der Waals surface area contributed by atoms with Gasteiger partial charge in [0.2, 0.25) is 0 Å². The van der Waals surface area contributed by atoms with Crippen LogP contribution in [-0.4, -0.2) is 16.5 Å². The fourth-order valence-electron chi connectivity index (χ4n) is 1.68. The first kappa shape index (κ1) is 13.4. The Morgan fingerprint density at radius 3 is 2.38 bits per heavy atom. The van der Waals surface area contributed by atoms with Crippen molar-refractivity contribution in [3.63, 3.8) is 0 Å². The Balaban J connectivity index is 2.70. The molecule has 1 aromatic carbocycles. The summed E-state index contributed by atoms with van der Waals surface area (Å²) in [5.74, 6) is 1.69. The molecule has 16 heavy (non-hydrogen) atoms. The van der Waals surface area contributed by atoms with Gasteiger partial charge < -0.3 is 5.73 Å². The van der Waals surface area contributed by atoms with Crippen LogP contribution >= 0.6 is 0 Å². The van der Waals surface area contributed by atoms with Gasteiger partial charge in [-0.2, -0.15) is 0 Å². The lowest BCUT2D eigenvalue weighted by Gasteiger charge is -2.11. The molecule has 0 aromatic heterocycles.